The van der Waals surface area contributed by atoms with Crippen LogP contribution in [0.1, 0.15) is 11.1 Å². The summed E-state index contributed by atoms with van der Waals surface area (Å²) in [6, 6.07) is 10.8. The van der Waals surface area contributed by atoms with Gasteiger partial charge in [0.05, 0.1) is 12.0 Å². The largest absolute Gasteiger partial charge is 0.497 e. The molecule has 0 saturated carbocycles. The molecule has 0 fully saturated rings. The lowest BCUT2D eigenvalue weighted by Gasteiger charge is -2.30. The third-order valence-electron chi connectivity index (χ3n) is 3.90. The van der Waals surface area contributed by atoms with Crippen molar-refractivity contribution in [3.63, 3.8) is 0 Å². The van der Waals surface area contributed by atoms with Crippen LogP contribution in [0.4, 0.5) is 11.4 Å². The van der Waals surface area contributed by atoms with Gasteiger partial charge in [-0.25, -0.2) is 0 Å². The molecule has 0 spiro atoms. The third-order valence-corrected chi connectivity index (χ3v) is 4.14. The van der Waals surface area contributed by atoms with E-state index in [9.17, 15) is 10.1 Å². The first-order valence-corrected chi connectivity index (χ1v) is 7.31. The van der Waals surface area contributed by atoms with Crippen LogP contribution >= 0.6 is 11.6 Å². The van der Waals surface area contributed by atoms with Crippen LogP contribution in [0.5, 0.6) is 5.75 Å². The van der Waals surface area contributed by atoms with Crippen LogP contribution in [-0.2, 0) is 13.0 Å². The Balaban J connectivity index is 1.96. The second kappa shape index (κ2) is 5.85. The maximum absolute atomic E-state index is 11.3. The number of methoxy groups -OCH3 is 1. The van der Waals surface area contributed by atoms with Crippen molar-refractivity contribution >= 4 is 23.0 Å². The average Bonchev–Trinajstić information content (AvgIpc) is 2.53. The van der Waals surface area contributed by atoms with Crippen LogP contribution in [0.2, 0.25) is 5.02 Å². The first-order chi connectivity index (χ1) is 10.6. The van der Waals surface area contributed by atoms with Crippen LogP contribution < -0.4 is 9.64 Å². The third kappa shape index (κ3) is 2.72. The molecule has 0 radical (unpaired) electrons. The highest BCUT2D eigenvalue weighted by Gasteiger charge is 2.24. The van der Waals surface area contributed by atoms with Gasteiger partial charge in [-0.05, 0) is 41.8 Å². The zero-order valence-corrected chi connectivity index (χ0v) is 12.8. The normalized spacial score (nSPS) is 13.6. The van der Waals surface area contributed by atoms with Gasteiger partial charge in [0.2, 0.25) is 0 Å². The average molecular weight is 319 g/mol. The monoisotopic (exact) mass is 318 g/mol. The lowest BCUT2D eigenvalue weighted by molar-refractivity contribution is -0.384. The number of hydrogen-bond donors (Lipinski definition) is 0. The molecule has 0 N–H and O–H groups in total. The number of ether oxygens (including phenoxy) is 1. The highest BCUT2D eigenvalue weighted by molar-refractivity contribution is 6.30. The van der Waals surface area contributed by atoms with Gasteiger partial charge in [0.1, 0.15) is 11.4 Å². The highest BCUT2D eigenvalue weighted by atomic mass is 35.5. The Kier molecular flexibility index (Phi) is 3.90. The zero-order chi connectivity index (χ0) is 15.7. The van der Waals surface area contributed by atoms with E-state index in [4.69, 9.17) is 16.3 Å². The van der Waals surface area contributed by atoms with E-state index in [2.05, 4.69) is 6.07 Å². The second-order valence-corrected chi connectivity index (χ2v) is 5.63. The van der Waals surface area contributed by atoms with Crippen molar-refractivity contribution in [2.45, 2.75) is 13.0 Å². The summed E-state index contributed by atoms with van der Waals surface area (Å²) in [6.45, 7) is 1.36. The maximum atomic E-state index is 11.3. The molecule has 2 aromatic carbocycles. The molecule has 0 aliphatic carbocycles. The number of rotatable bonds is 3. The molecule has 5 nitrogen and oxygen atoms in total. The summed E-state index contributed by atoms with van der Waals surface area (Å²) in [6.07, 6.45) is 0.846. The Labute approximate surface area is 133 Å². The Morgan fingerprint density at radius 1 is 1.23 bits per heavy atom. The van der Waals surface area contributed by atoms with Crippen molar-refractivity contribution in [3.05, 3.63) is 62.7 Å². The summed E-state index contributed by atoms with van der Waals surface area (Å²) in [5.41, 5.74) is 3.03. The van der Waals surface area contributed by atoms with Gasteiger partial charge in [-0.15, -0.1) is 0 Å². The number of nitro benzene ring substituents is 1. The molecular weight excluding hydrogens is 304 g/mol. The Morgan fingerprint density at radius 3 is 2.77 bits per heavy atom. The van der Waals surface area contributed by atoms with Crippen LogP contribution in [0.15, 0.2) is 36.4 Å². The van der Waals surface area contributed by atoms with E-state index >= 15 is 0 Å². The first kappa shape index (κ1) is 14.7. The quantitative estimate of drug-likeness (QED) is 0.637. The van der Waals surface area contributed by atoms with E-state index in [1.165, 1.54) is 11.6 Å². The SMILES string of the molecule is COc1ccc2c(c1)CN(c1ccc(Cl)cc1[N+](=O)[O-])CC2. The molecule has 0 aromatic heterocycles. The summed E-state index contributed by atoms with van der Waals surface area (Å²) < 4.78 is 5.25. The fourth-order valence-electron chi connectivity index (χ4n) is 2.78. The summed E-state index contributed by atoms with van der Waals surface area (Å²) in [7, 11) is 1.63. The smallest absolute Gasteiger partial charge is 0.294 e. The number of halogens is 1. The highest BCUT2D eigenvalue weighted by Crippen LogP contribution is 2.34. The standard InChI is InChI=1S/C16H15ClN2O3/c1-22-14-4-2-11-6-7-18(10-12(11)8-14)15-5-3-13(17)9-16(15)19(20)21/h2-5,8-9H,6-7,10H2,1H3. The molecule has 0 unspecified atom stereocenters. The minimum atomic E-state index is -0.387. The lowest BCUT2D eigenvalue weighted by Crippen LogP contribution is -2.30. The van der Waals surface area contributed by atoms with Gasteiger partial charge in [0, 0.05) is 24.2 Å². The van der Waals surface area contributed by atoms with Crippen molar-refractivity contribution < 1.29 is 9.66 Å². The van der Waals surface area contributed by atoms with Crippen LogP contribution in [0, 0.1) is 10.1 Å². The topological polar surface area (TPSA) is 55.6 Å². The van der Waals surface area contributed by atoms with Crippen molar-refractivity contribution in [3.8, 4) is 5.75 Å². The molecule has 114 valence electrons. The molecular formula is C16H15ClN2O3. The van der Waals surface area contributed by atoms with Gasteiger partial charge in [-0.3, -0.25) is 10.1 Å². The molecule has 0 atom stereocenters. The van der Waals surface area contributed by atoms with Crippen molar-refractivity contribution in [2.75, 3.05) is 18.6 Å². The first-order valence-electron chi connectivity index (χ1n) is 6.93. The van der Waals surface area contributed by atoms with Crippen molar-refractivity contribution in [2.24, 2.45) is 0 Å². The summed E-state index contributed by atoms with van der Waals surface area (Å²) in [5.74, 6) is 0.797. The Hall–Kier alpha value is -2.27. The van der Waals surface area contributed by atoms with E-state index in [1.54, 1.807) is 19.2 Å². The minimum absolute atomic E-state index is 0.0406. The summed E-state index contributed by atoms with van der Waals surface area (Å²) >= 11 is 5.88. The van der Waals surface area contributed by atoms with Crippen molar-refractivity contribution in [1.29, 1.82) is 0 Å². The fourth-order valence-corrected chi connectivity index (χ4v) is 2.94. The molecule has 1 aliphatic rings. The number of nitro groups is 1. The van der Waals surface area contributed by atoms with Gasteiger partial charge < -0.3 is 9.64 Å². The molecule has 0 saturated heterocycles. The Bertz CT molecular complexity index is 733. The summed E-state index contributed by atoms with van der Waals surface area (Å²) in [4.78, 5) is 12.9. The van der Waals surface area contributed by atoms with Gasteiger partial charge >= 0.3 is 0 Å². The predicted octanol–water partition coefficient (Wildman–Crippen LogP) is 3.82. The number of anilines is 1. The van der Waals surface area contributed by atoms with Gasteiger partial charge in [0.15, 0.2) is 0 Å². The number of benzene rings is 2. The van der Waals surface area contributed by atoms with Crippen molar-refractivity contribution in [1.82, 2.24) is 0 Å². The molecule has 0 bridgehead atoms. The maximum Gasteiger partial charge on any atom is 0.294 e. The van der Waals surface area contributed by atoms with E-state index < -0.39 is 0 Å². The van der Waals surface area contributed by atoms with Crippen LogP contribution in [0.25, 0.3) is 0 Å². The molecule has 1 heterocycles. The minimum Gasteiger partial charge on any atom is -0.497 e. The van der Waals surface area contributed by atoms with Gasteiger partial charge in [0.25, 0.3) is 5.69 Å². The molecule has 6 heteroatoms. The molecule has 22 heavy (non-hydrogen) atoms. The number of nitrogens with zero attached hydrogens (tertiary/aromatic N) is 2. The Morgan fingerprint density at radius 2 is 2.05 bits per heavy atom. The predicted molar refractivity (Wildman–Crippen MR) is 85.9 cm³/mol. The van der Waals surface area contributed by atoms with E-state index in [0.717, 1.165) is 24.3 Å². The summed E-state index contributed by atoms with van der Waals surface area (Å²) in [5, 5.41) is 11.6. The van der Waals surface area contributed by atoms with E-state index in [0.29, 0.717) is 17.3 Å². The van der Waals surface area contributed by atoms with Crippen LogP contribution in [0.3, 0.4) is 0 Å². The lowest BCUT2D eigenvalue weighted by atomic mass is 9.99. The number of hydrogen-bond acceptors (Lipinski definition) is 4. The number of fused-ring (bicyclic) bond motifs is 1. The van der Waals surface area contributed by atoms with Gasteiger partial charge in [-0.2, -0.15) is 0 Å². The molecule has 1 aliphatic heterocycles. The van der Waals surface area contributed by atoms with Crippen LogP contribution in [-0.4, -0.2) is 18.6 Å². The second-order valence-electron chi connectivity index (χ2n) is 5.20. The molecule has 0 amide bonds. The molecule has 3 rings (SSSR count). The zero-order valence-electron chi connectivity index (χ0n) is 12.1. The van der Waals surface area contributed by atoms with E-state index in [1.807, 2.05) is 17.0 Å². The van der Waals surface area contributed by atoms with Gasteiger partial charge in [-0.1, -0.05) is 17.7 Å². The fraction of sp³-hybridized carbons (Fsp3) is 0.250. The molecule has 2 aromatic rings. The van der Waals surface area contributed by atoms with E-state index in [-0.39, 0.29) is 10.6 Å².